The molecule has 12 aromatic rings. The monoisotopic (exact) mass is 758 g/mol. The summed E-state index contributed by atoms with van der Waals surface area (Å²) >= 11 is 1.85. The Morgan fingerprint density at radius 2 is 1.00 bits per heavy atom. The van der Waals surface area contributed by atoms with Crippen molar-refractivity contribution in [3.05, 3.63) is 206 Å². The molecule has 0 radical (unpaired) electrons. The number of nitrogens with zero attached hydrogens (tertiary/aromatic N) is 2. The second-order valence-corrected chi connectivity index (χ2v) is 16.0. The topological polar surface area (TPSA) is 21.3 Å². The number of furan rings is 1. The largest absolute Gasteiger partial charge is 0.456 e. The number of fused-ring (bicyclic) bond motifs is 9. The molecule has 12 rings (SSSR count). The molecule has 0 amide bonds. The molecule has 4 heteroatoms. The Balaban J connectivity index is 0.980. The van der Waals surface area contributed by atoms with Gasteiger partial charge in [-0.2, -0.15) is 0 Å². The van der Waals surface area contributed by atoms with Gasteiger partial charge in [-0.25, -0.2) is 0 Å². The SMILES string of the molecule is c1ccc(-c2ccc(-n3c4ccccc4c4cc(-c5ccc(N(c6ccc7sc8ccccc8c7c6)c6cccc7oc8ccccc8c67)cc5)ccc43)cc2)cc1. The van der Waals surface area contributed by atoms with Crippen LogP contribution in [-0.4, -0.2) is 4.57 Å². The Morgan fingerprint density at radius 1 is 0.379 bits per heavy atom. The number of anilines is 3. The quantitative estimate of drug-likeness (QED) is 0.168. The highest BCUT2D eigenvalue weighted by Gasteiger charge is 2.21. The van der Waals surface area contributed by atoms with Crippen LogP contribution in [0.2, 0.25) is 0 Å². The predicted molar refractivity (Wildman–Crippen MR) is 247 cm³/mol. The van der Waals surface area contributed by atoms with Gasteiger partial charge in [-0.1, -0.05) is 121 Å². The van der Waals surface area contributed by atoms with Crippen LogP contribution in [0.25, 0.3) is 91.9 Å². The number of aromatic nitrogens is 1. The van der Waals surface area contributed by atoms with Gasteiger partial charge < -0.3 is 13.9 Å². The molecule has 0 saturated carbocycles. The van der Waals surface area contributed by atoms with E-state index >= 15 is 0 Å². The zero-order chi connectivity index (χ0) is 38.2. The maximum Gasteiger partial charge on any atom is 0.137 e. The van der Waals surface area contributed by atoms with Crippen molar-refractivity contribution in [3.8, 4) is 27.9 Å². The highest BCUT2D eigenvalue weighted by atomic mass is 32.1. The molecule has 0 spiro atoms. The summed E-state index contributed by atoms with van der Waals surface area (Å²) in [7, 11) is 0. The maximum absolute atomic E-state index is 6.40. The minimum Gasteiger partial charge on any atom is -0.456 e. The van der Waals surface area contributed by atoms with E-state index < -0.39 is 0 Å². The average molecular weight is 759 g/mol. The maximum atomic E-state index is 6.40. The van der Waals surface area contributed by atoms with Crippen molar-refractivity contribution >= 4 is 92.3 Å². The van der Waals surface area contributed by atoms with E-state index in [0.717, 1.165) is 44.7 Å². The first kappa shape index (κ1) is 32.8. The van der Waals surface area contributed by atoms with Crippen molar-refractivity contribution in [1.29, 1.82) is 0 Å². The summed E-state index contributed by atoms with van der Waals surface area (Å²) in [5.74, 6) is 0. The normalized spacial score (nSPS) is 11.8. The first-order chi connectivity index (χ1) is 28.7. The van der Waals surface area contributed by atoms with Crippen molar-refractivity contribution in [1.82, 2.24) is 4.57 Å². The van der Waals surface area contributed by atoms with Crippen molar-refractivity contribution in [2.24, 2.45) is 0 Å². The number of para-hydroxylation sites is 2. The van der Waals surface area contributed by atoms with E-state index in [9.17, 15) is 0 Å². The van der Waals surface area contributed by atoms with Crippen LogP contribution >= 0.6 is 11.3 Å². The van der Waals surface area contributed by atoms with Crippen molar-refractivity contribution < 1.29 is 4.42 Å². The van der Waals surface area contributed by atoms with Gasteiger partial charge in [-0.15, -0.1) is 11.3 Å². The molecule has 0 saturated heterocycles. The number of thiophene rings is 1. The lowest BCUT2D eigenvalue weighted by Gasteiger charge is -2.26. The van der Waals surface area contributed by atoms with Gasteiger partial charge in [-0.05, 0) is 107 Å². The van der Waals surface area contributed by atoms with E-state index in [-0.39, 0.29) is 0 Å². The Labute approximate surface area is 338 Å². The standard InChI is InChI=1S/C54H34N2OS/c1-2-11-35(12-3-1)36-21-28-40(29-22-36)56-47-16-7-4-13-42(47)45-33-38(25-31-48(45)56)37-23-26-39(27-24-37)55(41-30-32-53-46(34-41)43-14-6-9-20-52(43)58-53)49-17-10-19-51-54(49)44-15-5-8-18-50(44)57-51/h1-34H. The number of hydrogen-bond donors (Lipinski definition) is 0. The third-order valence-electron chi connectivity index (χ3n) is 11.6. The summed E-state index contributed by atoms with van der Waals surface area (Å²) in [5.41, 5.74) is 13.4. The summed E-state index contributed by atoms with van der Waals surface area (Å²) in [5, 5.41) is 7.24. The summed E-state index contributed by atoms with van der Waals surface area (Å²) < 4.78 is 11.4. The summed E-state index contributed by atoms with van der Waals surface area (Å²) in [6.45, 7) is 0. The van der Waals surface area contributed by atoms with Gasteiger partial charge in [0.1, 0.15) is 11.2 Å². The van der Waals surface area contributed by atoms with Crippen LogP contribution in [-0.2, 0) is 0 Å². The molecule has 9 aromatic carbocycles. The van der Waals surface area contributed by atoms with Gasteiger partial charge in [0.05, 0.1) is 22.1 Å². The van der Waals surface area contributed by atoms with Crippen LogP contribution in [0.5, 0.6) is 0 Å². The highest BCUT2D eigenvalue weighted by Crippen LogP contribution is 2.45. The van der Waals surface area contributed by atoms with Crippen LogP contribution in [0.15, 0.2) is 211 Å². The van der Waals surface area contributed by atoms with Crippen molar-refractivity contribution in [2.45, 2.75) is 0 Å². The first-order valence-corrected chi connectivity index (χ1v) is 20.5. The van der Waals surface area contributed by atoms with E-state index in [4.69, 9.17) is 4.42 Å². The smallest absolute Gasteiger partial charge is 0.137 e. The molecule has 0 bridgehead atoms. The van der Waals surface area contributed by atoms with Gasteiger partial charge in [0.15, 0.2) is 0 Å². The zero-order valence-electron chi connectivity index (χ0n) is 31.3. The zero-order valence-corrected chi connectivity index (χ0v) is 32.2. The van der Waals surface area contributed by atoms with Gasteiger partial charge in [-0.3, -0.25) is 0 Å². The van der Waals surface area contributed by atoms with E-state index in [2.05, 4.69) is 210 Å². The van der Waals surface area contributed by atoms with Crippen LogP contribution < -0.4 is 4.90 Å². The Bertz CT molecular complexity index is 3500. The van der Waals surface area contributed by atoms with Crippen molar-refractivity contribution in [3.63, 3.8) is 0 Å². The number of benzene rings is 9. The van der Waals surface area contributed by atoms with Crippen LogP contribution in [0.1, 0.15) is 0 Å². The average Bonchev–Trinajstić information content (AvgIpc) is 3.97. The van der Waals surface area contributed by atoms with Crippen molar-refractivity contribution in [2.75, 3.05) is 4.90 Å². The van der Waals surface area contributed by atoms with Crippen LogP contribution in [0.4, 0.5) is 17.1 Å². The molecule has 3 heterocycles. The lowest BCUT2D eigenvalue weighted by Crippen LogP contribution is -2.10. The second kappa shape index (κ2) is 13.1. The van der Waals surface area contributed by atoms with E-state index in [1.54, 1.807) is 0 Å². The second-order valence-electron chi connectivity index (χ2n) is 14.9. The molecular formula is C54H34N2OS. The minimum atomic E-state index is 0.877. The molecule has 0 unspecified atom stereocenters. The molecular weight excluding hydrogens is 725 g/mol. The van der Waals surface area contributed by atoms with E-state index in [1.807, 2.05) is 17.4 Å². The van der Waals surface area contributed by atoms with Crippen LogP contribution in [0, 0.1) is 0 Å². The molecule has 0 aliphatic heterocycles. The third-order valence-corrected chi connectivity index (χ3v) is 12.8. The minimum absolute atomic E-state index is 0.877. The molecule has 0 fully saturated rings. The molecule has 272 valence electrons. The molecule has 3 nitrogen and oxygen atoms in total. The molecule has 0 aliphatic rings. The van der Waals surface area contributed by atoms with Gasteiger partial charge in [0, 0.05) is 53.4 Å². The molecule has 0 atom stereocenters. The van der Waals surface area contributed by atoms with Gasteiger partial charge in [0.2, 0.25) is 0 Å². The first-order valence-electron chi connectivity index (χ1n) is 19.7. The van der Waals surface area contributed by atoms with Crippen LogP contribution in [0.3, 0.4) is 0 Å². The molecule has 0 N–H and O–H groups in total. The van der Waals surface area contributed by atoms with E-state index in [0.29, 0.717) is 0 Å². The lowest BCUT2D eigenvalue weighted by molar-refractivity contribution is 0.669. The van der Waals surface area contributed by atoms with Gasteiger partial charge in [0.25, 0.3) is 0 Å². The third kappa shape index (κ3) is 5.19. The fourth-order valence-corrected chi connectivity index (χ4v) is 9.98. The number of hydrogen-bond acceptors (Lipinski definition) is 3. The lowest BCUT2D eigenvalue weighted by atomic mass is 10.0. The van der Waals surface area contributed by atoms with E-state index in [1.165, 1.54) is 64.2 Å². The highest BCUT2D eigenvalue weighted by molar-refractivity contribution is 7.25. The number of rotatable bonds is 6. The Hall–Kier alpha value is -7.40. The van der Waals surface area contributed by atoms with Gasteiger partial charge >= 0.3 is 0 Å². The molecule has 58 heavy (non-hydrogen) atoms. The summed E-state index contributed by atoms with van der Waals surface area (Å²) in [6.07, 6.45) is 0. The summed E-state index contributed by atoms with van der Waals surface area (Å²) in [4.78, 5) is 2.39. The summed E-state index contributed by atoms with van der Waals surface area (Å²) in [6, 6.07) is 74.5. The molecule has 0 aliphatic carbocycles. The molecule has 3 aromatic heterocycles. The Morgan fingerprint density at radius 3 is 1.86 bits per heavy atom. The predicted octanol–water partition coefficient (Wildman–Crippen LogP) is 15.9. The Kier molecular flexibility index (Phi) is 7.40. The fourth-order valence-electron chi connectivity index (χ4n) is 8.89. The fraction of sp³-hybridized carbons (Fsp3) is 0.